The Hall–Kier alpha value is -0.700. The van der Waals surface area contributed by atoms with Crippen LogP contribution in [0.25, 0.3) is 0 Å². The number of carbonyl (C=O) groups is 1. The number of thioether (sulfide) groups is 1. The van der Waals surface area contributed by atoms with Crippen LogP contribution in [0.2, 0.25) is 0 Å². The van der Waals surface area contributed by atoms with Crippen molar-refractivity contribution >= 4 is 34.3 Å². The molecule has 1 fully saturated rings. The van der Waals surface area contributed by atoms with Crippen LogP contribution in [0.5, 0.6) is 0 Å². The molecule has 1 aliphatic rings. The van der Waals surface area contributed by atoms with Gasteiger partial charge in [-0.15, -0.1) is 0 Å². The summed E-state index contributed by atoms with van der Waals surface area (Å²) in [6.45, 7) is 4.49. The zero-order valence-electron chi connectivity index (χ0n) is 12.6. The van der Waals surface area contributed by atoms with Gasteiger partial charge in [-0.25, -0.2) is 0 Å². The van der Waals surface area contributed by atoms with E-state index in [9.17, 15) is 4.79 Å². The number of carbonyl (C=O) groups excluding carboxylic acids is 1. The third-order valence-electron chi connectivity index (χ3n) is 3.37. The van der Waals surface area contributed by atoms with Gasteiger partial charge in [-0.3, -0.25) is 15.0 Å². The van der Waals surface area contributed by atoms with Crippen LogP contribution in [-0.2, 0) is 4.79 Å². The maximum Gasteiger partial charge on any atom is 0.240 e. The minimum Gasteiger partial charge on any atom is -0.318 e. The highest BCUT2D eigenvalue weighted by atomic mass is 32.2. The number of nitrogens with one attached hydrogen (secondary N) is 2. The standard InChI is InChI=1S/C13H23N5OS2/c1-3-7-20-13-16-12(21-17-13)15-11(19)9-18-6-4-5-10(18)8-14-2/h10,14H,3-9H2,1-2H3,(H,15,16,17,19). The molecular weight excluding hydrogens is 306 g/mol. The van der Waals surface area contributed by atoms with E-state index >= 15 is 0 Å². The molecule has 118 valence electrons. The number of likely N-dealkylation sites (N-methyl/N-ethyl adjacent to an activating group) is 1. The van der Waals surface area contributed by atoms with Gasteiger partial charge in [-0.05, 0) is 32.9 Å². The van der Waals surface area contributed by atoms with Gasteiger partial charge in [0.05, 0.1) is 6.54 Å². The summed E-state index contributed by atoms with van der Waals surface area (Å²) in [7, 11) is 1.95. The molecule has 1 atom stereocenters. The van der Waals surface area contributed by atoms with E-state index in [-0.39, 0.29) is 5.91 Å². The van der Waals surface area contributed by atoms with E-state index in [4.69, 9.17) is 0 Å². The Labute approximate surface area is 134 Å². The quantitative estimate of drug-likeness (QED) is 0.707. The van der Waals surface area contributed by atoms with Gasteiger partial charge in [-0.2, -0.15) is 9.36 Å². The molecule has 1 aliphatic heterocycles. The summed E-state index contributed by atoms with van der Waals surface area (Å²) < 4.78 is 4.24. The van der Waals surface area contributed by atoms with Crippen molar-refractivity contribution in [1.82, 2.24) is 19.6 Å². The van der Waals surface area contributed by atoms with Crippen molar-refractivity contribution in [3.8, 4) is 0 Å². The van der Waals surface area contributed by atoms with E-state index in [0.717, 1.165) is 43.3 Å². The Balaban J connectivity index is 1.79. The highest BCUT2D eigenvalue weighted by Crippen LogP contribution is 2.21. The lowest BCUT2D eigenvalue weighted by Crippen LogP contribution is -2.41. The van der Waals surface area contributed by atoms with E-state index < -0.39 is 0 Å². The lowest BCUT2D eigenvalue weighted by atomic mass is 10.2. The van der Waals surface area contributed by atoms with Crippen molar-refractivity contribution in [2.75, 3.05) is 37.8 Å². The molecule has 0 aliphatic carbocycles. The zero-order chi connectivity index (χ0) is 15.1. The fourth-order valence-corrected chi connectivity index (χ4v) is 3.84. The molecule has 1 unspecified atom stereocenters. The number of anilines is 1. The molecule has 0 spiro atoms. The van der Waals surface area contributed by atoms with Gasteiger partial charge >= 0.3 is 0 Å². The molecule has 6 nitrogen and oxygen atoms in total. The molecule has 1 saturated heterocycles. The summed E-state index contributed by atoms with van der Waals surface area (Å²) in [6.07, 6.45) is 3.41. The van der Waals surface area contributed by atoms with Gasteiger partial charge in [0.15, 0.2) is 0 Å². The Morgan fingerprint density at radius 1 is 1.57 bits per heavy atom. The fourth-order valence-electron chi connectivity index (χ4n) is 2.43. The van der Waals surface area contributed by atoms with Crippen molar-refractivity contribution in [2.24, 2.45) is 0 Å². The first-order valence-electron chi connectivity index (χ1n) is 7.38. The molecule has 0 aromatic carbocycles. The van der Waals surface area contributed by atoms with E-state index in [1.807, 2.05) is 7.05 Å². The predicted octanol–water partition coefficient (Wildman–Crippen LogP) is 1.66. The Bertz CT molecular complexity index is 454. The molecule has 2 rings (SSSR count). The normalized spacial score (nSPS) is 19.0. The van der Waals surface area contributed by atoms with Gasteiger partial charge in [0.1, 0.15) is 0 Å². The van der Waals surface area contributed by atoms with Crippen molar-refractivity contribution in [2.45, 2.75) is 37.4 Å². The summed E-state index contributed by atoms with van der Waals surface area (Å²) in [6, 6.07) is 0.464. The van der Waals surface area contributed by atoms with Crippen molar-refractivity contribution in [1.29, 1.82) is 0 Å². The Morgan fingerprint density at radius 2 is 2.43 bits per heavy atom. The van der Waals surface area contributed by atoms with Crippen LogP contribution < -0.4 is 10.6 Å². The van der Waals surface area contributed by atoms with Crippen LogP contribution in [-0.4, -0.2) is 58.6 Å². The van der Waals surface area contributed by atoms with Crippen LogP contribution in [0.3, 0.4) is 0 Å². The molecule has 21 heavy (non-hydrogen) atoms. The Morgan fingerprint density at radius 3 is 3.19 bits per heavy atom. The van der Waals surface area contributed by atoms with E-state index in [0.29, 0.717) is 17.7 Å². The zero-order valence-corrected chi connectivity index (χ0v) is 14.2. The minimum absolute atomic E-state index is 0.00111. The third-order valence-corrected chi connectivity index (χ3v) is 5.17. The van der Waals surface area contributed by atoms with Crippen molar-refractivity contribution in [3.63, 3.8) is 0 Å². The highest BCUT2D eigenvalue weighted by Gasteiger charge is 2.25. The average Bonchev–Trinajstić information content (AvgIpc) is 3.07. The molecule has 0 radical (unpaired) electrons. The van der Waals surface area contributed by atoms with Gasteiger partial charge in [-0.1, -0.05) is 18.7 Å². The number of nitrogens with zero attached hydrogens (tertiary/aromatic N) is 3. The number of aromatic nitrogens is 2. The molecular formula is C13H23N5OS2. The van der Waals surface area contributed by atoms with Crippen LogP contribution in [0.1, 0.15) is 26.2 Å². The maximum atomic E-state index is 12.1. The monoisotopic (exact) mass is 329 g/mol. The van der Waals surface area contributed by atoms with Crippen LogP contribution in [0.15, 0.2) is 5.16 Å². The number of hydrogen-bond acceptors (Lipinski definition) is 7. The maximum absolute atomic E-state index is 12.1. The first-order chi connectivity index (χ1) is 10.2. The predicted molar refractivity (Wildman–Crippen MR) is 88.1 cm³/mol. The molecule has 0 saturated carbocycles. The number of likely N-dealkylation sites (tertiary alicyclic amines) is 1. The second-order valence-electron chi connectivity index (χ2n) is 5.10. The average molecular weight is 329 g/mol. The minimum atomic E-state index is 0.00111. The summed E-state index contributed by atoms with van der Waals surface area (Å²) in [5.74, 6) is 1.00. The number of rotatable bonds is 8. The van der Waals surface area contributed by atoms with Crippen molar-refractivity contribution in [3.05, 3.63) is 0 Å². The number of hydrogen-bond donors (Lipinski definition) is 2. The first kappa shape index (κ1) is 16.7. The topological polar surface area (TPSA) is 70.2 Å². The summed E-state index contributed by atoms with van der Waals surface area (Å²) in [5.41, 5.74) is 0. The van der Waals surface area contributed by atoms with Gasteiger partial charge in [0.2, 0.25) is 16.2 Å². The van der Waals surface area contributed by atoms with Crippen LogP contribution in [0, 0.1) is 0 Å². The second kappa shape index (κ2) is 8.67. The van der Waals surface area contributed by atoms with Crippen molar-refractivity contribution < 1.29 is 4.79 Å². The van der Waals surface area contributed by atoms with Gasteiger partial charge < -0.3 is 5.32 Å². The summed E-state index contributed by atoms with van der Waals surface area (Å²) >= 11 is 2.88. The van der Waals surface area contributed by atoms with E-state index in [2.05, 4.69) is 31.8 Å². The SMILES string of the molecule is CCCSc1nsc(NC(=O)CN2CCCC2CNC)n1. The fraction of sp³-hybridized carbons (Fsp3) is 0.769. The van der Waals surface area contributed by atoms with E-state index in [1.54, 1.807) is 11.8 Å². The van der Waals surface area contributed by atoms with Gasteiger partial charge in [0.25, 0.3) is 0 Å². The van der Waals surface area contributed by atoms with Crippen LogP contribution >= 0.6 is 23.3 Å². The smallest absolute Gasteiger partial charge is 0.240 e. The molecule has 0 bridgehead atoms. The second-order valence-corrected chi connectivity index (χ2v) is 6.92. The Kier molecular flexibility index (Phi) is 6.88. The largest absolute Gasteiger partial charge is 0.318 e. The lowest BCUT2D eigenvalue weighted by molar-refractivity contribution is -0.117. The lowest BCUT2D eigenvalue weighted by Gasteiger charge is -2.23. The molecule has 1 amide bonds. The molecule has 1 aromatic heterocycles. The first-order valence-corrected chi connectivity index (χ1v) is 9.13. The highest BCUT2D eigenvalue weighted by molar-refractivity contribution is 7.99. The van der Waals surface area contributed by atoms with E-state index in [1.165, 1.54) is 11.5 Å². The van der Waals surface area contributed by atoms with Gasteiger partial charge in [0, 0.05) is 29.9 Å². The van der Waals surface area contributed by atoms with Crippen LogP contribution in [0.4, 0.5) is 5.13 Å². The summed E-state index contributed by atoms with van der Waals surface area (Å²) in [4.78, 5) is 18.7. The molecule has 8 heteroatoms. The molecule has 2 N–H and O–H groups in total. The summed E-state index contributed by atoms with van der Waals surface area (Å²) in [5, 5.41) is 7.40. The number of amides is 1. The molecule has 1 aromatic rings. The third kappa shape index (κ3) is 5.21. The molecule has 2 heterocycles.